The topological polar surface area (TPSA) is 37.8 Å². The van der Waals surface area contributed by atoms with Gasteiger partial charge in [-0.25, -0.2) is 0 Å². The highest BCUT2D eigenvalue weighted by Gasteiger charge is 2.11. The fourth-order valence-corrected chi connectivity index (χ4v) is 5.00. The van der Waals surface area contributed by atoms with Crippen molar-refractivity contribution in [2.75, 3.05) is 0 Å². The SMILES string of the molecule is CC(NCc1ccc(-c2ccccc2)cc1)c1cc(-c2ccncc2)cc(-c2ccc(-c3cccnc3)cc2)c1. The average Bonchev–Trinajstić information content (AvgIpc) is 3.05. The number of pyridine rings is 2. The molecule has 0 aliphatic heterocycles. The first-order valence-electron chi connectivity index (χ1n) is 13.7. The number of rotatable bonds is 8. The van der Waals surface area contributed by atoms with Crippen LogP contribution in [0.3, 0.4) is 0 Å². The van der Waals surface area contributed by atoms with Crippen molar-refractivity contribution in [2.45, 2.75) is 19.5 Å². The van der Waals surface area contributed by atoms with Crippen molar-refractivity contribution in [2.24, 2.45) is 0 Å². The summed E-state index contributed by atoms with van der Waals surface area (Å²) in [4.78, 5) is 8.48. The molecule has 6 rings (SSSR count). The maximum Gasteiger partial charge on any atom is 0.0346 e. The molecule has 2 aromatic heterocycles. The van der Waals surface area contributed by atoms with E-state index in [9.17, 15) is 0 Å². The third kappa shape index (κ3) is 5.90. The van der Waals surface area contributed by atoms with Crippen LogP contribution >= 0.6 is 0 Å². The molecule has 3 nitrogen and oxygen atoms in total. The Kier molecular flexibility index (Phi) is 7.56. The van der Waals surface area contributed by atoms with Crippen molar-refractivity contribution in [1.82, 2.24) is 15.3 Å². The third-order valence-electron chi connectivity index (χ3n) is 7.36. The zero-order valence-electron chi connectivity index (χ0n) is 22.5. The number of aromatic nitrogens is 2. The van der Waals surface area contributed by atoms with E-state index in [1.54, 1.807) is 6.20 Å². The van der Waals surface area contributed by atoms with Crippen molar-refractivity contribution < 1.29 is 0 Å². The van der Waals surface area contributed by atoms with Gasteiger partial charge in [-0.05, 0) is 99.0 Å². The highest BCUT2D eigenvalue weighted by molar-refractivity contribution is 5.76. The molecule has 194 valence electrons. The summed E-state index contributed by atoms with van der Waals surface area (Å²) in [7, 11) is 0. The van der Waals surface area contributed by atoms with Gasteiger partial charge < -0.3 is 5.32 Å². The molecule has 0 saturated heterocycles. The molecule has 6 aromatic rings. The van der Waals surface area contributed by atoms with E-state index in [2.05, 4.69) is 137 Å². The molecule has 2 heterocycles. The van der Waals surface area contributed by atoms with Crippen LogP contribution in [0.15, 0.2) is 146 Å². The van der Waals surface area contributed by atoms with Gasteiger partial charge in [-0.1, -0.05) is 84.9 Å². The van der Waals surface area contributed by atoms with E-state index in [1.165, 1.54) is 38.9 Å². The van der Waals surface area contributed by atoms with Crippen molar-refractivity contribution in [3.63, 3.8) is 0 Å². The quantitative estimate of drug-likeness (QED) is 0.219. The summed E-state index contributed by atoms with van der Waals surface area (Å²) in [5.41, 5.74) is 12.0. The predicted molar refractivity (Wildman–Crippen MR) is 165 cm³/mol. The first kappa shape index (κ1) is 25.4. The first-order chi connectivity index (χ1) is 19.7. The van der Waals surface area contributed by atoms with Gasteiger partial charge in [0, 0.05) is 37.4 Å². The summed E-state index contributed by atoms with van der Waals surface area (Å²) in [6.45, 7) is 3.03. The smallest absolute Gasteiger partial charge is 0.0346 e. The van der Waals surface area contributed by atoms with Gasteiger partial charge in [0.25, 0.3) is 0 Å². The summed E-state index contributed by atoms with van der Waals surface area (Å²) in [6.07, 6.45) is 7.41. The number of nitrogens with one attached hydrogen (secondary N) is 1. The summed E-state index contributed by atoms with van der Waals surface area (Å²) >= 11 is 0. The molecule has 0 aliphatic rings. The molecule has 1 N–H and O–H groups in total. The molecule has 3 heteroatoms. The van der Waals surface area contributed by atoms with E-state index < -0.39 is 0 Å². The third-order valence-corrected chi connectivity index (χ3v) is 7.36. The van der Waals surface area contributed by atoms with Gasteiger partial charge in [0.1, 0.15) is 0 Å². The highest BCUT2D eigenvalue weighted by atomic mass is 14.9. The fourth-order valence-electron chi connectivity index (χ4n) is 5.00. The van der Waals surface area contributed by atoms with E-state index in [0.29, 0.717) is 0 Å². The maximum atomic E-state index is 4.26. The van der Waals surface area contributed by atoms with Gasteiger partial charge in [-0.2, -0.15) is 0 Å². The molecule has 4 aromatic carbocycles. The van der Waals surface area contributed by atoms with Crippen molar-refractivity contribution in [3.05, 3.63) is 157 Å². The second kappa shape index (κ2) is 11.9. The van der Waals surface area contributed by atoms with E-state index >= 15 is 0 Å². The lowest BCUT2D eigenvalue weighted by molar-refractivity contribution is 0.575. The lowest BCUT2D eigenvalue weighted by atomic mass is 9.93. The van der Waals surface area contributed by atoms with Crippen LogP contribution in [0.4, 0.5) is 0 Å². The Hall–Kier alpha value is -4.86. The van der Waals surface area contributed by atoms with Gasteiger partial charge >= 0.3 is 0 Å². The molecular formula is C37H31N3. The minimum absolute atomic E-state index is 0.170. The van der Waals surface area contributed by atoms with Crippen LogP contribution in [-0.4, -0.2) is 9.97 Å². The van der Waals surface area contributed by atoms with E-state index in [4.69, 9.17) is 0 Å². The number of hydrogen-bond donors (Lipinski definition) is 1. The molecule has 0 spiro atoms. The molecule has 0 fully saturated rings. The van der Waals surface area contributed by atoms with Crippen molar-refractivity contribution >= 4 is 0 Å². The zero-order chi connectivity index (χ0) is 27.1. The molecule has 1 atom stereocenters. The van der Waals surface area contributed by atoms with Crippen LogP contribution in [0.2, 0.25) is 0 Å². The Balaban J connectivity index is 1.25. The standard InChI is InChI=1S/C37H31N3/c1-27(40-25-28-9-11-30(12-10-28)29-6-3-2-4-7-29)35-22-36(24-37(23-35)33-17-20-38-21-18-33)32-15-13-31(14-16-32)34-8-5-19-39-26-34/h2-24,26-27,40H,25H2,1H3. The van der Waals surface area contributed by atoms with Gasteiger partial charge in [0.05, 0.1) is 0 Å². The summed E-state index contributed by atoms with van der Waals surface area (Å²) in [5, 5.41) is 3.74. The van der Waals surface area contributed by atoms with Gasteiger partial charge in [0.2, 0.25) is 0 Å². The van der Waals surface area contributed by atoms with Crippen molar-refractivity contribution in [1.29, 1.82) is 0 Å². The van der Waals surface area contributed by atoms with Gasteiger partial charge in [-0.3, -0.25) is 9.97 Å². The summed E-state index contributed by atoms with van der Waals surface area (Å²) < 4.78 is 0. The maximum absolute atomic E-state index is 4.26. The molecule has 0 aliphatic carbocycles. The number of hydrogen-bond acceptors (Lipinski definition) is 3. The Morgan fingerprint density at radius 3 is 1.70 bits per heavy atom. The van der Waals surface area contributed by atoms with Crippen LogP contribution < -0.4 is 5.32 Å². The van der Waals surface area contributed by atoms with E-state index in [-0.39, 0.29) is 6.04 Å². The fraction of sp³-hybridized carbons (Fsp3) is 0.0811. The molecule has 0 amide bonds. The first-order valence-corrected chi connectivity index (χ1v) is 13.7. The van der Waals surface area contributed by atoms with E-state index in [0.717, 1.165) is 23.2 Å². The largest absolute Gasteiger partial charge is 0.306 e. The van der Waals surface area contributed by atoms with Crippen LogP contribution in [-0.2, 0) is 6.54 Å². The number of benzene rings is 4. The normalized spacial score (nSPS) is 11.7. The summed E-state index contributed by atoms with van der Waals surface area (Å²) in [6, 6.07) is 43.3. The monoisotopic (exact) mass is 517 g/mol. The minimum atomic E-state index is 0.170. The van der Waals surface area contributed by atoms with Crippen molar-refractivity contribution in [3.8, 4) is 44.5 Å². The predicted octanol–water partition coefficient (Wildman–Crippen LogP) is 9.00. The zero-order valence-corrected chi connectivity index (χ0v) is 22.5. The lowest BCUT2D eigenvalue weighted by Crippen LogP contribution is -2.18. The minimum Gasteiger partial charge on any atom is -0.306 e. The van der Waals surface area contributed by atoms with Crippen LogP contribution in [0.1, 0.15) is 24.1 Å². The Morgan fingerprint density at radius 2 is 1.05 bits per heavy atom. The molecule has 0 bridgehead atoms. The molecule has 0 saturated carbocycles. The number of nitrogens with zero attached hydrogens (tertiary/aromatic N) is 2. The van der Waals surface area contributed by atoms with Crippen LogP contribution in [0.5, 0.6) is 0 Å². The Labute approximate surface area is 236 Å². The van der Waals surface area contributed by atoms with Gasteiger partial charge in [-0.15, -0.1) is 0 Å². The molecular weight excluding hydrogens is 486 g/mol. The second-order valence-electron chi connectivity index (χ2n) is 10.1. The summed E-state index contributed by atoms with van der Waals surface area (Å²) in [5.74, 6) is 0. The Morgan fingerprint density at radius 1 is 0.500 bits per heavy atom. The molecule has 40 heavy (non-hydrogen) atoms. The second-order valence-corrected chi connectivity index (χ2v) is 10.1. The molecule has 1 unspecified atom stereocenters. The van der Waals surface area contributed by atoms with Crippen LogP contribution in [0, 0.1) is 0 Å². The highest BCUT2D eigenvalue weighted by Crippen LogP contribution is 2.32. The van der Waals surface area contributed by atoms with Gasteiger partial charge in [0.15, 0.2) is 0 Å². The molecule has 0 radical (unpaired) electrons. The van der Waals surface area contributed by atoms with E-state index in [1.807, 2.05) is 24.7 Å². The van der Waals surface area contributed by atoms with Crippen LogP contribution in [0.25, 0.3) is 44.5 Å². The lowest BCUT2D eigenvalue weighted by Gasteiger charge is -2.18. The average molecular weight is 518 g/mol. The Bertz CT molecular complexity index is 1660.